The van der Waals surface area contributed by atoms with Gasteiger partial charge in [-0.15, -0.1) is 11.3 Å². The van der Waals surface area contributed by atoms with E-state index in [0.717, 1.165) is 20.7 Å². The van der Waals surface area contributed by atoms with E-state index in [1.807, 2.05) is 23.6 Å². The van der Waals surface area contributed by atoms with E-state index in [1.54, 1.807) is 12.1 Å². The van der Waals surface area contributed by atoms with Crippen LogP contribution in [-0.4, -0.2) is 10.9 Å². The van der Waals surface area contributed by atoms with E-state index in [9.17, 15) is 4.79 Å². The topological polar surface area (TPSA) is 42.0 Å². The van der Waals surface area contributed by atoms with Crippen molar-refractivity contribution in [3.8, 4) is 10.6 Å². The molecule has 2 aromatic carbocycles. The van der Waals surface area contributed by atoms with Gasteiger partial charge >= 0.3 is 0 Å². The summed E-state index contributed by atoms with van der Waals surface area (Å²) in [5.41, 5.74) is 3.62. The van der Waals surface area contributed by atoms with Gasteiger partial charge in [-0.2, -0.15) is 0 Å². The normalized spacial score (nSPS) is 10.6. The molecule has 0 radical (unpaired) electrons. The second kappa shape index (κ2) is 7.47. The quantitative estimate of drug-likeness (QED) is 0.586. The number of benzene rings is 2. The molecule has 0 fully saturated rings. The lowest BCUT2D eigenvalue weighted by atomic mass is 10.2. The van der Waals surface area contributed by atoms with Crippen LogP contribution < -0.4 is 5.32 Å². The van der Waals surface area contributed by atoms with Crippen molar-refractivity contribution in [2.75, 3.05) is 5.32 Å². The average Bonchev–Trinajstić information content (AvgIpc) is 2.99. The molecule has 122 valence electrons. The summed E-state index contributed by atoms with van der Waals surface area (Å²) >= 11 is 11.0. The Bertz CT molecular complexity index is 877. The van der Waals surface area contributed by atoms with Crippen LogP contribution in [0.5, 0.6) is 0 Å². The first-order chi connectivity index (χ1) is 11.5. The van der Waals surface area contributed by atoms with Crippen molar-refractivity contribution in [3.05, 3.63) is 68.6 Å². The summed E-state index contributed by atoms with van der Waals surface area (Å²) in [5, 5.41) is 6.14. The van der Waals surface area contributed by atoms with Crippen LogP contribution in [0.3, 0.4) is 0 Å². The molecule has 0 atom stereocenters. The molecule has 1 heterocycles. The highest BCUT2D eigenvalue weighted by molar-refractivity contribution is 9.10. The van der Waals surface area contributed by atoms with Gasteiger partial charge in [-0.3, -0.25) is 4.79 Å². The van der Waals surface area contributed by atoms with Crippen LogP contribution in [0, 0.1) is 6.92 Å². The summed E-state index contributed by atoms with van der Waals surface area (Å²) in [4.78, 5) is 16.7. The van der Waals surface area contributed by atoms with Gasteiger partial charge in [0.2, 0.25) is 5.91 Å². The molecule has 6 heteroatoms. The zero-order valence-corrected chi connectivity index (χ0v) is 16.0. The Morgan fingerprint density at radius 2 is 2.00 bits per heavy atom. The maximum Gasteiger partial charge on any atom is 0.230 e. The van der Waals surface area contributed by atoms with Gasteiger partial charge in [0, 0.05) is 15.4 Å². The highest BCUT2D eigenvalue weighted by Crippen LogP contribution is 2.27. The van der Waals surface area contributed by atoms with E-state index in [1.165, 1.54) is 16.9 Å². The second-order valence-electron chi connectivity index (χ2n) is 5.36. The van der Waals surface area contributed by atoms with Crippen molar-refractivity contribution >= 4 is 50.5 Å². The third kappa shape index (κ3) is 4.23. The molecule has 0 spiro atoms. The Morgan fingerprint density at radius 3 is 2.71 bits per heavy atom. The predicted molar refractivity (Wildman–Crippen MR) is 104 cm³/mol. The predicted octanol–water partition coefficient (Wildman–Crippen LogP) is 5.72. The van der Waals surface area contributed by atoms with Crippen LogP contribution in [0.1, 0.15) is 11.3 Å². The molecule has 0 bridgehead atoms. The zero-order chi connectivity index (χ0) is 17.1. The van der Waals surface area contributed by atoms with Crippen LogP contribution in [0.4, 0.5) is 5.69 Å². The van der Waals surface area contributed by atoms with Crippen LogP contribution in [0.2, 0.25) is 5.02 Å². The van der Waals surface area contributed by atoms with E-state index in [0.29, 0.717) is 10.7 Å². The first kappa shape index (κ1) is 17.1. The molecule has 24 heavy (non-hydrogen) atoms. The smallest absolute Gasteiger partial charge is 0.230 e. The number of nitrogens with zero attached hydrogens (tertiary/aromatic N) is 1. The number of amides is 1. The molecule has 1 N–H and O–H groups in total. The third-order valence-corrected chi connectivity index (χ3v) is 5.14. The molecular formula is C18H14BrClN2OS. The lowest BCUT2D eigenvalue weighted by Gasteiger charge is -2.06. The van der Waals surface area contributed by atoms with Gasteiger partial charge in [0.1, 0.15) is 5.01 Å². The van der Waals surface area contributed by atoms with Crippen LogP contribution in [0.25, 0.3) is 10.6 Å². The first-order valence-electron chi connectivity index (χ1n) is 7.27. The minimum Gasteiger partial charge on any atom is -0.324 e. The molecule has 3 aromatic rings. The van der Waals surface area contributed by atoms with Crippen molar-refractivity contribution in [2.24, 2.45) is 0 Å². The van der Waals surface area contributed by atoms with Crippen molar-refractivity contribution in [2.45, 2.75) is 13.3 Å². The van der Waals surface area contributed by atoms with E-state index < -0.39 is 0 Å². The van der Waals surface area contributed by atoms with Gasteiger partial charge in [-0.05, 0) is 25.1 Å². The molecule has 1 aromatic heterocycles. The lowest BCUT2D eigenvalue weighted by molar-refractivity contribution is -0.115. The molecule has 0 aliphatic heterocycles. The number of nitrogens with one attached hydrogen (secondary N) is 1. The van der Waals surface area contributed by atoms with Crippen molar-refractivity contribution in [1.29, 1.82) is 0 Å². The summed E-state index contributed by atoms with van der Waals surface area (Å²) in [7, 11) is 0. The summed E-state index contributed by atoms with van der Waals surface area (Å²) in [6, 6.07) is 13.5. The molecule has 0 aliphatic carbocycles. The highest BCUT2D eigenvalue weighted by Gasteiger charge is 2.11. The minimum absolute atomic E-state index is 0.139. The van der Waals surface area contributed by atoms with Crippen LogP contribution >= 0.6 is 38.9 Å². The largest absolute Gasteiger partial charge is 0.324 e. The zero-order valence-electron chi connectivity index (χ0n) is 12.8. The van der Waals surface area contributed by atoms with Crippen molar-refractivity contribution in [1.82, 2.24) is 4.98 Å². The van der Waals surface area contributed by atoms with Gasteiger partial charge in [-0.25, -0.2) is 4.98 Å². The fourth-order valence-corrected chi connectivity index (χ4v) is 3.71. The molecule has 1 amide bonds. The number of hydrogen-bond acceptors (Lipinski definition) is 3. The van der Waals surface area contributed by atoms with Gasteiger partial charge in [-0.1, -0.05) is 57.4 Å². The van der Waals surface area contributed by atoms with Crippen LogP contribution in [0.15, 0.2) is 52.3 Å². The molecule has 3 nitrogen and oxygen atoms in total. The number of aromatic nitrogens is 1. The molecule has 0 unspecified atom stereocenters. The SMILES string of the molecule is Cc1ccc(-c2nc(CC(=O)Nc3ccc(Br)cc3Cl)cs2)cc1. The number of aryl methyl sites for hydroxylation is 1. The van der Waals surface area contributed by atoms with E-state index in [-0.39, 0.29) is 12.3 Å². The number of anilines is 1. The van der Waals surface area contributed by atoms with E-state index in [4.69, 9.17) is 11.6 Å². The minimum atomic E-state index is -0.139. The average molecular weight is 422 g/mol. The Balaban J connectivity index is 1.68. The Morgan fingerprint density at radius 1 is 1.25 bits per heavy atom. The number of carbonyl (C=O) groups is 1. The number of rotatable bonds is 4. The number of thiazole rings is 1. The number of carbonyl (C=O) groups excluding carboxylic acids is 1. The first-order valence-corrected chi connectivity index (χ1v) is 9.32. The summed E-state index contributed by atoms with van der Waals surface area (Å²) in [6.07, 6.45) is 0.217. The number of hydrogen-bond donors (Lipinski definition) is 1. The van der Waals surface area contributed by atoms with E-state index >= 15 is 0 Å². The summed E-state index contributed by atoms with van der Waals surface area (Å²) in [6.45, 7) is 2.05. The monoisotopic (exact) mass is 420 g/mol. The maximum absolute atomic E-state index is 12.2. The maximum atomic E-state index is 12.2. The second-order valence-corrected chi connectivity index (χ2v) is 7.54. The third-order valence-electron chi connectivity index (χ3n) is 3.40. The van der Waals surface area contributed by atoms with Crippen LogP contribution in [-0.2, 0) is 11.2 Å². The summed E-state index contributed by atoms with van der Waals surface area (Å²) in [5.74, 6) is -0.139. The standard InChI is InChI=1S/C18H14BrClN2OS/c1-11-2-4-12(5-3-11)18-21-14(10-24-18)9-17(23)22-16-7-6-13(19)8-15(16)20/h2-8,10H,9H2,1H3,(H,22,23). The molecule has 0 saturated heterocycles. The lowest BCUT2D eigenvalue weighted by Crippen LogP contribution is -2.14. The Labute approximate surface area is 157 Å². The Hall–Kier alpha value is -1.69. The van der Waals surface area contributed by atoms with Crippen molar-refractivity contribution < 1.29 is 4.79 Å². The van der Waals surface area contributed by atoms with Gasteiger partial charge < -0.3 is 5.32 Å². The molecule has 3 rings (SSSR count). The highest BCUT2D eigenvalue weighted by atomic mass is 79.9. The molecular weight excluding hydrogens is 408 g/mol. The van der Waals surface area contributed by atoms with Gasteiger partial charge in [0.15, 0.2) is 0 Å². The van der Waals surface area contributed by atoms with Gasteiger partial charge in [0.25, 0.3) is 0 Å². The fourth-order valence-electron chi connectivity index (χ4n) is 2.17. The number of halogens is 2. The Kier molecular flexibility index (Phi) is 5.33. The summed E-state index contributed by atoms with van der Waals surface area (Å²) < 4.78 is 0.868. The van der Waals surface area contributed by atoms with Crippen molar-refractivity contribution in [3.63, 3.8) is 0 Å². The molecule has 0 aliphatic rings. The molecule has 0 saturated carbocycles. The van der Waals surface area contributed by atoms with Gasteiger partial charge in [0.05, 0.1) is 22.8 Å². The van der Waals surface area contributed by atoms with E-state index in [2.05, 4.69) is 45.3 Å². The fraction of sp³-hybridized carbons (Fsp3) is 0.111.